The van der Waals surface area contributed by atoms with Crippen molar-refractivity contribution in [3.05, 3.63) is 58.1 Å². The lowest BCUT2D eigenvalue weighted by Crippen LogP contribution is -3.11. The zero-order chi connectivity index (χ0) is 21.7. The Balaban J connectivity index is 1.78. The second-order valence-corrected chi connectivity index (χ2v) is 7.06. The molecule has 0 aliphatic heterocycles. The largest absolute Gasteiger partial charge is 0.493 e. The fraction of sp³-hybridized carbons (Fsp3) is 0.318. The van der Waals surface area contributed by atoms with Crippen LogP contribution in [0.5, 0.6) is 11.5 Å². The third-order valence-corrected chi connectivity index (χ3v) is 5.01. The molecule has 0 saturated carbocycles. The number of aromatic amines is 1. The molecule has 0 radical (unpaired) electrons. The Morgan fingerprint density at radius 2 is 1.87 bits per heavy atom. The number of fused-ring (bicyclic) bond motifs is 1. The molecule has 0 saturated heterocycles. The molecule has 1 amide bonds. The van der Waals surface area contributed by atoms with Gasteiger partial charge in [0.2, 0.25) is 0 Å². The fourth-order valence-electron chi connectivity index (χ4n) is 3.28. The number of para-hydroxylation sites is 1. The Morgan fingerprint density at radius 3 is 2.53 bits per heavy atom. The van der Waals surface area contributed by atoms with Crippen LogP contribution in [0.2, 0.25) is 0 Å². The highest BCUT2D eigenvalue weighted by Gasteiger charge is 2.17. The van der Waals surface area contributed by atoms with Crippen LogP contribution in [-0.2, 0) is 11.3 Å². The average molecular weight is 411 g/mol. The lowest BCUT2D eigenvalue weighted by atomic mass is 10.2. The maximum Gasteiger partial charge on any atom is 0.279 e. The summed E-state index contributed by atoms with van der Waals surface area (Å²) < 4.78 is 10.6. The highest BCUT2D eigenvalue weighted by atomic mass is 16.5. The van der Waals surface area contributed by atoms with Crippen LogP contribution in [-0.4, -0.2) is 43.2 Å². The van der Waals surface area contributed by atoms with Crippen molar-refractivity contribution in [3.63, 3.8) is 0 Å². The van der Waals surface area contributed by atoms with Gasteiger partial charge in [-0.05, 0) is 31.5 Å². The number of carbonyl (C=O) groups is 1. The van der Waals surface area contributed by atoms with Gasteiger partial charge in [-0.25, -0.2) is 4.98 Å². The lowest BCUT2D eigenvalue weighted by Gasteiger charge is -2.17. The van der Waals surface area contributed by atoms with E-state index in [1.54, 1.807) is 12.1 Å². The first-order valence-electron chi connectivity index (χ1n) is 9.79. The summed E-state index contributed by atoms with van der Waals surface area (Å²) in [5, 5.41) is 3.37. The Morgan fingerprint density at radius 1 is 1.17 bits per heavy atom. The summed E-state index contributed by atoms with van der Waals surface area (Å²) >= 11 is 0. The maximum atomic E-state index is 12.6. The molecule has 8 heteroatoms. The second-order valence-electron chi connectivity index (χ2n) is 7.06. The first-order valence-corrected chi connectivity index (χ1v) is 9.79. The van der Waals surface area contributed by atoms with Gasteiger partial charge in [-0.15, -0.1) is 0 Å². The Kier molecular flexibility index (Phi) is 6.68. The zero-order valence-corrected chi connectivity index (χ0v) is 17.7. The first kappa shape index (κ1) is 21.3. The Labute approximate surface area is 174 Å². The number of hydrogen-bond donors (Lipinski definition) is 3. The van der Waals surface area contributed by atoms with Crippen molar-refractivity contribution in [3.8, 4) is 11.5 Å². The minimum absolute atomic E-state index is 0.0873. The number of amides is 1. The van der Waals surface area contributed by atoms with Gasteiger partial charge >= 0.3 is 0 Å². The molecule has 1 heterocycles. The number of nitrogens with one attached hydrogen (secondary N) is 3. The van der Waals surface area contributed by atoms with E-state index in [0.29, 0.717) is 41.3 Å². The van der Waals surface area contributed by atoms with E-state index < -0.39 is 0 Å². The molecule has 0 fully saturated rings. The molecular formula is C22H27N4O4+. The zero-order valence-electron chi connectivity index (χ0n) is 17.7. The SMILES string of the molecule is CC[NH+](CC(=O)Nc1ccccc1C)Cc1nc2cc(OC)c(OC)cc2c(=O)[nH]1. The van der Waals surface area contributed by atoms with Crippen LogP contribution in [0.1, 0.15) is 18.3 Å². The molecule has 158 valence electrons. The van der Waals surface area contributed by atoms with E-state index >= 15 is 0 Å². The van der Waals surface area contributed by atoms with Crippen LogP contribution in [0.3, 0.4) is 0 Å². The van der Waals surface area contributed by atoms with Gasteiger partial charge in [0.1, 0.15) is 6.54 Å². The summed E-state index contributed by atoms with van der Waals surface area (Å²) in [6, 6.07) is 10.9. The number of hydrogen-bond acceptors (Lipinski definition) is 5. The average Bonchev–Trinajstić information content (AvgIpc) is 2.74. The molecule has 1 aromatic heterocycles. The van der Waals surface area contributed by atoms with E-state index in [2.05, 4.69) is 15.3 Å². The fourth-order valence-corrected chi connectivity index (χ4v) is 3.28. The van der Waals surface area contributed by atoms with E-state index in [0.717, 1.165) is 16.2 Å². The molecule has 3 aromatic rings. The summed E-state index contributed by atoms with van der Waals surface area (Å²) in [7, 11) is 3.05. The van der Waals surface area contributed by atoms with E-state index in [1.165, 1.54) is 14.2 Å². The summed E-state index contributed by atoms with van der Waals surface area (Å²) in [6.07, 6.45) is 0. The number of carbonyl (C=O) groups excluding carboxylic acids is 1. The van der Waals surface area contributed by atoms with Gasteiger partial charge in [0.25, 0.3) is 11.5 Å². The molecule has 0 bridgehead atoms. The second kappa shape index (κ2) is 9.41. The summed E-state index contributed by atoms with van der Waals surface area (Å²) in [5.41, 5.74) is 2.08. The number of rotatable bonds is 8. The number of aryl methyl sites for hydroxylation is 1. The van der Waals surface area contributed by atoms with E-state index in [-0.39, 0.29) is 18.0 Å². The van der Waals surface area contributed by atoms with Crippen LogP contribution in [0, 0.1) is 6.92 Å². The van der Waals surface area contributed by atoms with Crippen molar-refractivity contribution >= 4 is 22.5 Å². The van der Waals surface area contributed by atoms with Gasteiger partial charge in [-0.1, -0.05) is 18.2 Å². The molecule has 8 nitrogen and oxygen atoms in total. The number of methoxy groups -OCH3 is 2. The van der Waals surface area contributed by atoms with Crippen LogP contribution >= 0.6 is 0 Å². The van der Waals surface area contributed by atoms with Crippen molar-refractivity contribution in [2.45, 2.75) is 20.4 Å². The summed E-state index contributed by atoms with van der Waals surface area (Å²) in [6.45, 7) is 5.32. The van der Waals surface area contributed by atoms with Crippen LogP contribution in [0.25, 0.3) is 10.9 Å². The van der Waals surface area contributed by atoms with Gasteiger partial charge in [0.05, 0.1) is 31.7 Å². The molecule has 0 aliphatic rings. The minimum atomic E-state index is -0.254. The summed E-state index contributed by atoms with van der Waals surface area (Å²) in [5.74, 6) is 1.40. The summed E-state index contributed by atoms with van der Waals surface area (Å²) in [4.78, 5) is 33.4. The lowest BCUT2D eigenvalue weighted by molar-refractivity contribution is -0.904. The third-order valence-electron chi connectivity index (χ3n) is 5.01. The van der Waals surface area contributed by atoms with Crippen LogP contribution in [0.15, 0.2) is 41.2 Å². The normalized spacial score (nSPS) is 11.9. The van der Waals surface area contributed by atoms with Crippen molar-refractivity contribution < 1.29 is 19.2 Å². The van der Waals surface area contributed by atoms with Gasteiger partial charge in [0.15, 0.2) is 23.9 Å². The maximum absolute atomic E-state index is 12.6. The van der Waals surface area contributed by atoms with Crippen molar-refractivity contribution in [2.24, 2.45) is 0 Å². The molecule has 3 rings (SSSR count). The van der Waals surface area contributed by atoms with Crippen LogP contribution < -0.4 is 25.2 Å². The number of quaternary nitrogens is 1. The van der Waals surface area contributed by atoms with Crippen molar-refractivity contribution in [2.75, 3.05) is 32.6 Å². The third kappa shape index (κ3) is 4.77. The topological polar surface area (TPSA) is 97.8 Å². The first-order chi connectivity index (χ1) is 14.4. The number of benzene rings is 2. The highest BCUT2D eigenvalue weighted by molar-refractivity contribution is 5.92. The molecule has 1 atom stereocenters. The quantitative estimate of drug-likeness (QED) is 0.519. The number of anilines is 1. The highest BCUT2D eigenvalue weighted by Crippen LogP contribution is 2.29. The van der Waals surface area contributed by atoms with E-state index in [4.69, 9.17) is 9.47 Å². The molecule has 0 aliphatic carbocycles. The smallest absolute Gasteiger partial charge is 0.279 e. The molecule has 30 heavy (non-hydrogen) atoms. The predicted molar refractivity (Wildman–Crippen MR) is 115 cm³/mol. The number of H-pyrrole nitrogens is 1. The van der Waals surface area contributed by atoms with E-state index in [1.807, 2.05) is 38.1 Å². The van der Waals surface area contributed by atoms with Crippen LogP contribution in [0.4, 0.5) is 5.69 Å². The van der Waals surface area contributed by atoms with E-state index in [9.17, 15) is 9.59 Å². The molecule has 1 unspecified atom stereocenters. The van der Waals surface area contributed by atoms with Gasteiger partial charge < -0.3 is 24.7 Å². The molecule has 0 spiro atoms. The molecular weight excluding hydrogens is 384 g/mol. The van der Waals surface area contributed by atoms with Crippen molar-refractivity contribution in [1.29, 1.82) is 0 Å². The Bertz CT molecular complexity index is 1110. The number of nitrogens with zero attached hydrogens (tertiary/aromatic N) is 1. The molecule has 2 aromatic carbocycles. The Hall–Kier alpha value is -3.39. The van der Waals surface area contributed by atoms with Gasteiger partial charge in [-0.3, -0.25) is 9.59 Å². The van der Waals surface area contributed by atoms with Gasteiger partial charge in [0, 0.05) is 11.8 Å². The monoisotopic (exact) mass is 411 g/mol. The van der Waals surface area contributed by atoms with Gasteiger partial charge in [-0.2, -0.15) is 0 Å². The number of aromatic nitrogens is 2. The van der Waals surface area contributed by atoms with Crippen molar-refractivity contribution in [1.82, 2.24) is 9.97 Å². The molecule has 3 N–H and O–H groups in total. The predicted octanol–water partition coefficient (Wildman–Crippen LogP) is 1.29. The number of ether oxygens (including phenoxy) is 2. The standard InChI is InChI=1S/C22H26N4O4/c1-5-26(13-21(27)24-16-9-7-6-8-14(16)2)12-20-23-17-11-19(30-4)18(29-3)10-15(17)22(28)25-20/h6-11H,5,12-13H2,1-4H3,(H,24,27)(H,23,25,28)/p+1. The number of likely N-dealkylation sites (N-methyl/N-ethyl adjacent to an activating group) is 1. The minimum Gasteiger partial charge on any atom is -0.493 e.